The van der Waals surface area contributed by atoms with Crippen LogP contribution in [0.15, 0.2) is 22.7 Å². The van der Waals surface area contributed by atoms with Gasteiger partial charge in [0.1, 0.15) is 0 Å². The van der Waals surface area contributed by atoms with E-state index in [1.54, 1.807) is 0 Å². The molecule has 0 radical (unpaired) electrons. The van der Waals surface area contributed by atoms with E-state index in [0.29, 0.717) is 6.04 Å². The summed E-state index contributed by atoms with van der Waals surface area (Å²) in [4.78, 5) is 2.58. The van der Waals surface area contributed by atoms with Gasteiger partial charge in [-0.25, -0.2) is 0 Å². The second kappa shape index (κ2) is 7.67. The van der Waals surface area contributed by atoms with Crippen molar-refractivity contribution in [1.82, 2.24) is 4.90 Å². The molecule has 1 saturated heterocycles. The lowest BCUT2D eigenvalue weighted by molar-refractivity contribution is 0.176. The van der Waals surface area contributed by atoms with Crippen molar-refractivity contribution in [3.8, 4) is 0 Å². The number of halogens is 2. The predicted molar refractivity (Wildman–Crippen MR) is 91.7 cm³/mol. The number of nitrogens with one attached hydrogen (secondary N) is 1. The van der Waals surface area contributed by atoms with E-state index in [1.807, 2.05) is 12.1 Å². The first-order valence-corrected chi connectivity index (χ1v) is 8.71. The maximum absolute atomic E-state index is 6.25. The van der Waals surface area contributed by atoms with Crippen molar-refractivity contribution in [2.45, 2.75) is 39.2 Å². The second-order valence-corrected chi connectivity index (χ2v) is 7.06. The highest BCUT2D eigenvalue weighted by atomic mass is 79.9. The van der Waals surface area contributed by atoms with Crippen molar-refractivity contribution < 1.29 is 0 Å². The molecular weight excluding hydrogens is 336 g/mol. The Balaban J connectivity index is 1.89. The number of anilines is 1. The van der Waals surface area contributed by atoms with Crippen molar-refractivity contribution >= 4 is 33.2 Å². The van der Waals surface area contributed by atoms with E-state index in [1.165, 1.54) is 38.9 Å². The molecule has 20 heavy (non-hydrogen) atoms. The van der Waals surface area contributed by atoms with Gasteiger partial charge in [0.25, 0.3) is 0 Å². The quantitative estimate of drug-likeness (QED) is 0.793. The van der Waals surface area contributed by atoms with Gasteiger partial charge in [-0.05, 0) is 69.9 Å². The SMILES string of the molecule is CCCN1CCC(C(C)Nc2cc(Br)ccc2Cl)CC1. The fraction of sp³-hybridized carbons (Fsp3) is 0.625. The molecule has 1 N–H and O–H groups in total. The van der Waals surface area contributed by atoms with E-state index in [0.717, 1.165) is 21.1 Å². The summed E-state index contributed by atoms with van der Waals surface area (Å²) < 4.78 is 1.06. The molecule has 1 aromatic carbocycles. The second-order valence-electron chi connectivity index (χ2n) is 5.74. The van der Waals surface area contributed by atoms with Crippen molar-refractivity contribution in [1.29, 1.82) is 0 Å². The van der Waals surface area contributed by atoms with Crippen LogP contribution in [-0.2, 0) is 0 Å². The summed E-state index contributed by atoms with van der Waals surface area (Å²) in [5.74, 6) is 0.734. The number of hydrogen-bond donors (Lipinski definition) is 1. The average molecular weight is 360 g/mol. The Hall–Kier alpha value is -0.250. The molecule has 1 aromatic rings. The minimum Gasteiger partial charge on any atom is -0.381 e. The maximum Gasteiger partial charge on any atom is 0.0638 e. The lowest BCUT2D eigenvalue weighted by Crippen LogP contribution is -2.39. The largest absolute Gasteiger partial charge is 0.381 e. The zero-order valence-electron chi connectivity index (χ0n) is 12.3. The topological polar surface area (TPSA) is 15.3 Å². The fourth-order valence-electron chi connectivity index (χ4n) is 2.96. The van der Waals surface area contributed by atoms with Gasteiger partial charge >= 0.3 is 0 Å². The summed E-state index contributed by atoms with van der Waals surface area (Å²) in [5, 5.41) is 4.38. The highest BCUT2D eigenvalue weighted by Gasteiger charge is 2.23. The van der Waals surface area contributed by atoms with Crippen molar-refractivity contribution in [3.63, 3.8) is 0 Å². The Morgan fingerprint density at radius 2 is 2.10 bits per heavy atom. The van der Waals surface area contributed by atoms with Crippen LogP contribution in [0.1, 0.15) is 33.1 Å². The van der Waals surface area contributed by atoms with E-state index in [2.05, 4.69) is 46.1 Å². The number of nitrogens with zero attached hydrogens (tertiary/aromatic N) is 1. The monoisotopic (exact) mass is 358 g/mol. The van der Waals surface area contributed by atoms with Gasteiger partial charge in [0.05, 0.1) is 10.7 Å². The van der Waals surface area contributed by atoms with Crippen LogP contribution in [-0.4, -0.2) is 30.6 Å². The number of piperidine rings is 1. The summed E-state index contributed by atoms with van der Waals surface area (Å²) >= 11 is 9.75. The van der Waals surface area contributed by atoms with Gasteiger partial charge in [-0.2, -0.15) is 0 Å². The standard InChI is InChI=1S/C16H24BrClN2/c1-3-8-20-9-6-13(7-10-20)12(2)19-16-11-14(17)4-5-15(16)18/h4-5,11-13,19H,3,6-10H2,1-2H3. The van der Waals surface area contributed by atoms with Crippen LogP contribution in [0.4, 0.5) is 5.69 Å². The Kier molecular flexibility index (Phi) is 6.19. The average Bonchev–Trinajstić information content (AvgIpc) is 2.44. The zero-order chi connectivity index (χ0) is 14.5. The maximum atomic E-state index is 6.25. The summed E-state index contributed by atoms with van der Waals surface area (Å²) in [7, 11) is 0. The van der Waals surface area contributed by atoms with E-state index < -0.39 is 0 Å². The van der Waals surface area contributed by atoms with Crippen LogP contribution < -0.4 is 5.32 Å². The molecule has 2 nitrogen and oxygen atoms in total. The van der Waals surface area contributed by atoms with Crippen LogP contribution in [0.5, 0.6) is 0 Å². The molecule has 1 unspecified atom stereocenters. The molecule has 0 saturated carbocycles. The highest BCUT2D eigenvalue weighted by molar-refractivity contribution is 9.10. The van der Waals surface area contributed by atoms with E-state index >= 15 is 0 Å². The fourth-order valence-corrected chi connectivity index (χ4v) is 3.50. The van der Waals surface area contributed by atoms with Crippen LogP contribution in [0.25, 0.3) is 0 Å². The molecule has 1 aliphatic heterocycles. The number of benzene rings is 1. The van der Waals surface area contributed by atoms with Gasteiger partial charge in [0, 0.05) is 10.5 Å². The van der Waals surface area contributed by atoms with Crippen LogP contribution in [0.3, 0.4) is 0 Å². The van der Waals surface area contributed by atoms with E-state index in [-0.39, 0.29) is 0 Å². The minimum atomic E-state index is 0.463. The van der Waals surface area contributed by atoms with Crippen molar-refractivity contribution in [3.05, 3.63) is 27.7 Å². The van der Waals surface area contributed by atoms with Gasteiger partial charge < -0.3 is 10.2 Å². The first-order chi connectivity index (χ1) is 9.60. The lowest BCUT2D eigenvalue weighted by atomic mass is 9.90. The van der Waals surface area contributed by atoms with Crippen LogP contribution >= 0.6 is 27.5 Å². The smallest absolute Gasteiger partial charge is 0.0638 e. The Labute approximate surface area is 136 Å². The predicted octanol–water partition coefficient (Wildman–Crippen LogP) is 5.02. The van der Waals surface area contributed by atoms with Gasteiger partial charge in [-0.1, -0.05) is 34.5 Å². The van der Waals surface area contributed by atoms with Crippen LogP contribution in [0, 0.1) is 5.92 Å². The third-order valence-electron chi connectivity index (χ3n) is 4.19. The molecule has 1 aliphatic rings. The molecule has 1 atom stereocenters. The van der Waals surface area contributed by atoms with Crippen molar-refractivity contribution in [2.75, 3.05) is 25.0 Å². The Morgan fingerprint density at radius 3 is 2.75 bits per heavy atom. The molecule has 0 bridgehead atoms. The summed E-state index contributed by atoms with van der Waals surface area (Å²) in [6.45, 7) is 8.24. The molecule has 0 aromatic heterocycles. The number of hydrogen-bond acceptors (Lipinski definition) is 2. The first kappa shape index (κ1) is 16.1. The number of likely N-dealkylation sites (tertiary alicyclic amines) is 1. The highest BCUT2D eigenvalue weighted by Crippen LogP contribution is 2.29. The van der Waals surface area contributed by atoms with Crippen LogP contribution in [0.2, 0.25) is 5.02 Å². The first-order valence-electron chi connectivity index (χ1n) is 7.54. The van der Waals surface area contributed by atoms with Gasteiger partial charge in [0.2, 0.25) is 0 Å². The summed E-state index contributed by atoms with van der Waals surface area (Å²) in [6, 6.07) is 6.43. The summed E-state index contributed by atoms with van der Waals surface area (Å²) in [5.41, 5.74) is 1.03. The molecule has 4 heteroatoms. The molecular formula is C16H24BrClN2. The lowest BCUT2D eigenvalue weighted by Gasteiger charge is -2.35. The molecule has 0 aliphatic carbocycles. The molecule has 1 fully saturated rings. The van der Waals surface area contributed by atoms with Gasteiger partial charge in [-0.15, -0.1) is 0 Å². The Bertz CT molecular complexity index is 430. The van der Waals surface area contributed by atoms with Gasteiger partial charge in [0.15, 0.2) is 0 Å². The zero-order valence-corrected chi connectivity index (χ0v) is 14.7. The third kappa shape index (κ3) is 4.37. The molecule has 0 spiro atoms. The van der Waals surface area contributed by atoms with Crippen molar-refractivity contribution in [2.24, 2.45) is 5.92 Å². The molecule has 1 heterocycles. The van der Waals surface area contributed by atoms with E-state index in [4.69, 9.17) is 11.6 Å². The minimum absolute atomic E-state index is 0.463. The third-order valence-corrected chi connectivity index (χ3v) is 5.01. The molecule has 0 amide bonds. The molecule has 112 valence electrons. The summed E-state index contributed by atoms with van der Waals surface area (Å²) in [6.07, 6.45) is 3.81. The number of rotatable bonds is 5. The van der Waals surface area contributed by atoms with E-state index in [9.17, 15) is 0 Å². The normalized spacial score (nSPS) is 19.0. The van der Waals surface area contributed by atoms with Gasteiger partial charge in [-0.3, -0.25) is 0 Å². The molecule has 2 rings (SSSR count). The Morgan fingerprint density at radius 1 is 1.40 bits per heavy atom.